The lowest BCUT2D eigenvalue weighted by atomic mass is 9.85. The Balaban J connectivity index is 2.12. The molecule has 2 aliphatic rings. The highest BCUT2D eigenvalue weighted by Crippen LogP contribution is 2.38. The minimum absolute atomic E-state index is 0.110. The molecule has 0 saturated carbocycles. The van der Waals surface area contributed by atoms with Gasteiger partial charge in [-0.15, -0.1) is 0 Å². The van der Waals surface area contributed by atoms with Gasteiger partial charge < -0.3 is 31.5 Å². The van der Waals surface area contributed by atoms with E-state index in [9.17, 15) is 0 Å². The highest BCUT2D eigenvalue weighted by molar-refractivity contribution is 6.74. The SMILES string of the molecule is CN=CC(=CN)C1=CNC2=CC=C(NC(=N)C=C(C=N)C(C)(C)CO[Si](C)(C)C(C)(C)C)NC2=C1. The number of hydrogen-bond acceptors (Lipinski definition) is 7. The van der Waals surface area contributed by atoms with Crippen molar-refractivity contribution >= 4 is 26.6 Å². The molecular weight excluding hydrogens is 454 g/mol. The number of fused-ring (bicyclic) bond motifs is 1. The highest BCUT2D eigenvalue weighted by Gasteiger charge is 2.39. The first-order chi connectivity index (χ1) is 16.2. The van der Waals surface area contributed by atoms with E-state index in [1.807, 2.05) is 38.3 Å². The van der Waals surface area contributed by atoms with E-state index in [0.717, 1.165) is 28.1 Å². The number of allylic oxidation sites excluding steroid dienone is 5. The summed E-state index contributed by atoms with van der Waals surface area (Å²) in [4.78, 5) is 4.04. The maximum absolute atomic E-state index is 8.50. The van der Waals surface area contributed by atoms with Crippen LogP contribution in [-0.2, 0) is 4.43 Å². The van der Waals surface area contributed by atoms with Crippen LogP contribution in [0.1, 0.15) is 34.6 Å². The number of nitrogens with one attached hydrogen (secondary N) is 5. The zero-order valence-corrected chi connectivity index (χ0v) is 23.3. The van der Waals surface area contributed by atoms with Gasteiger partial charge in [0.25, 0.3) is 0 Å². The van der Waals surface area contributed by atoms with E-state index in [1.165, 1.54) is 12.4 Å². The lowest BCUT2D eigenvalue weighted by Gasteiger charge is -2.39. The van der Waals surface area contributed by atoms with Crippen molar-refractivity contribution in [3.63, 3.8) is 0 Å². The summed E-state index contributed by atoms with van der Waals surface area (Å²) < 4.78 is 6.42. The lowest BCUT2D eigenvalue weighted by molar-refractivity contribution is 0.198. The summed E-state index contributed by atoms with van der Waals surface area (Å²) in [5, 5.41) is 26.2. The molecule has 0 unspecified atom stereocenters. The monoisotopic (exact) mass is 495 g/mol. The number of rotatable bonds is 9. The molecular formula is C26H41N7OSi. The van der Waals surface area contributed by atoms with Crippen LogP contribution in [-0.4, -0.2) is 40.2 Å². The van der Waals surface area contributed by atoms with Crippen molar-refractivity contribution in [1.82, 2.24) is 16.0 Å². The predicted octanol–water partition coefficient (Wildman–Crippen LogP) is 4.42. The van der Waals surface area contributed by atoms with Crippen molar-refractivity contribution in [2.75, 3.05) is 13.7 Å². The second kappa shape index (κ2) is 11.0. The topological polar surface area (TPSA) is 131 Å². The van der Waals surface area contributed by atoms with E-state index in [0.29, 0.717) is 12.4 Å². The molecule has 0 saturated heterocycles. The van der Waals surface area contributed by atoms with Gasteiger partial charge in [0.15, 0.2) is 8.32 Å². The van der Waals surface area contributed by atoms with Gasteiger partial charge in [-0.2, -0.15) is 0 Å². The normalized spacial score (nSPS) is 17.4. The quantitative estimate of drug-likeness (QED) is 0.160. The van der Waals surface area contributed by atoms with Crippen LogP contribution in [0.4, 0.5) is 0 Å². The number of hydrogen-bond donors (Lipinski definition) is 6. The average Bonchev–Trinajstić information content (AvgIpc) is 2.78. The first-order valence-corrected chi connectivity index (χ1v) is 14.6. The molecule has 190 valence electrons. The molecule has 2 heterocycles. The van der Waals surface area contributed by atoms with Crippen LogP contribution in [0.3, 0.4) is 0 Å². The average molecular weight is 496 g/mol. The van der Waals surface area contributed by atoms with Gasteiger partial charge in [0.1, 0.15) is 11.7 Å². The third-order valence-electron chi connectivity index (χ3n) is 6.55. The number of dihydropyridines is 2. The van der Waals surface area contributed by atoms with E-state index in [1.54, 1.807) is 19.3 Å². The first-order valence-electron chi connectivity index (χ1n) is 11.7. The van der Waals surface area contributed by atoms with E-state index in [-0.39, 0.29) is 10.9 Å². The molecule has 2 aliphatic heterocycles. The van der Waals surface area contributed by atoms with Crippen molar-refractivity contribution in [3.05, 3.63) is 70.6 Å². The zero-order valence-electron chi connectivity index (χ0n) is 22.3. The summed E-state index contributed by atoms with van der Waals surface area (Å²) >= 11 is 0. The van der Waals surface area contributed by atoms with E-state index >= 15 is 0 Å². The van der Waals surface area contributed by atoms with Crippen LogP contribution >= 0.6 is 0 Å². The van der Waals surface area contributed by atoms with Crippen LogP contribution in [0.5, 0.6) is 0 Å². The second-order valence-electron chi connectivity index (χ2n) is 10.8. The van der Waals surface area contributed by atoms with Gasteiger partial charge in [-0.3, -0.25) is 10.4 Å². The summed E-state index contributed by atoms with van der Waals surface area (Å²) in [5.41, 5.74) is 9.51. The van der Waals surface area contributed by atoms with Crippen LogP contribution in [0.2, 0.25) is 18.1 Å². The van der Waals surface area contributed by atoms with Crippen LogP contribution < -0.4 is 21.7 Å². The molecule has 0 radical (unpaired) electrons. The molecule has 0 fully saturated rings. The standard InChI is InChI=1S/C26H41N7OSi/c1-25(2,3)35(7,8)34-17-26(4,5)20(14-28)12-23(29)33-24-10-9-21-22(32-24)11-18(16-31-21)19(13-27)15-30-6/h9-16,28,31-32H,17,27H2,1-8H3,(H2,29,33). The summed E-state index contributed by atoms with van der Waals surface area (Å²) in [7, 11) is -0.222. The molecule has 0 aliphatic carbocycles. The molecule has 0 bridgehead atoms. The summed E-state index contributed by atoms with van der Waals surface area (Å²) in [6, 6.07) is 0. The predicted molar refractivity (Wildman–Crippen MR) is 150 cm³/mol. The number of amidine groups is 1. The number of nitrogens with zero attached hydrogens (tertiary/aromatic N) is 1. The molecule has 0 atom stereocenters. The number of aliphatic imine (C=N–C) groups is 1. The molecule has 0 aromatic carbocycles. The van der Waals surface area contributed by atoms with Gasteiger partial charge in [0.2, 0.25) is 0 Å². The second-order valence-corrected chi connectivity index (χ2v) is 15.6. The van der Waals surface area contributed by atoms with Gasteiger partial charge in [0, 0.05) is 55.0 Å². The third kappa shape index (κ3) is 7.16. The Morgan fingerprint density at radius 3 is 2.46 bits per heavy atom. The first kappa shape index (κ1) is 28.1. The van der Waals surface area contributed by atoms with Gasteiger partial charge in [-0.25, -0.2) is 0 Å². The maximum Gasteiger partial charge on any atom is 0.192 e. The zero-order chi connectivity index (χ0) is 26.4. The van der Waals surface area contributed by atoms with Crippen molar-refractivity contribution in [1.29, 1.82) is 10.8 Å². The Hall–Kier alpha value is -3.17. The molecule has 35 heavy (non-hydrogen) atoms. The fourth-order valence-corrected chi connectivity index (χ4v) is 4.28. The van der Waals surface area contributed by atoms with Crippen molar-refractivity contribution in [3.8, 4) is 0 Å². The van der Waals surface area contributed by atoms with Crippen molar-refractivity contribution in [2.24, 2.45) is 16.1 Å². The minimum Gasteiger partial charge on any atom is -0.416 e. The van der Waals surface area contributed by atoms with E-state index in [4.69, 9.17) is 21.0 Å². The molecule has 0 aromatic heterocycles. The Kier molecular flexibility index (Phi) is 8.86. The molecule has 7 N–H and O–H groups in total. The maximum atomic E-state index is 8.50. The fraction of sp³-hybridized carbons (Fsp3) is 0.423. The Morgan fingerprint density at radius 2 is 1.89 bits per heavy atom. The smallest absolute Gasteiger partial charge is 0.192 e. The molecule has 0 aromatic rings. The lowest BCUT2D eigenvalue weighted by Crippen LogP contribution is -2.43. The van der Waals surface area contributed by atoms with Crippen molar-refractivity contribution in [2.45, 2.75) is 52.8 Å². The molecule has 0 amide bonds. The van der Waals surface area contributed by atoms with Gasteiger partial charge >= 0.3 is 0 Å². The number of nitrogens with two attached hydrogens (primary N) is 1. The molecule has 2 rings (SSSR count). The van der Waals surface area contributed by atoms with Crippen LogP contribution in [0.15, 0.2) is 75.6 Å². The van der Waals surface area contributed by atoms with Crippen LogP contribution in [0, 0.1) is 16.2 Å². The Bertz CT molecular complexity index is 1060. The molecule has 9 heteroatoms. The van der Waals surface area contributed by atoms with Gasteiger partial charge in [0.05, 0.1) is 11.4 Å². The fourth-order valence-electron chi connectivity index (χ4n) is 3.13. The summed E-state index contributed by atoms with van der Waals surface area (Å²) in [5.74, 6) is 0.840. The third-order valence-corrected chi connectivity index (χ3v) is 11.0. The molecule has 8 nitrogen and oxygen atoms in total. The van der Waals surface area contributed by atoms with Crippen LogP contribution in [0.25, 0.3) is 0 Å². The Morgan fingerprint density at radius 1 is 1.20 bits per heavy atom. The van der Waals surface area contributed by atoms with E-state index in [2.05, 4.69) is 54.8 Å². The summed E-state index contributed by atoms with van der Waals surface area (Å²) in [6.07, 6.45) is 13.9. The van der Waals surface area contributed by atoms with Gasteiger partial charge in [-0.1, -0.05) is 34.6 Å². The largest absolute Gasteiger partial charge is 0.416 e. The summed E-state index contributed by atoms with van der Waals surface area (Å²) in [6.45, 7) is 15.7. The van der Waals surface area contributed by atoms with Crippen molar-refractivity contribution < 1.29 is 4.43 Å². The highest BCUT2D eigenvalue weighted by atomic mass is 28.4. The van der Waals surface area contributed by atoms with Gasteiger partial charge in [-0.05, 0) is 48.0 Å². The Labute approximate surface area is 211 Å². The van der Waals surface area contributed by atoms with E-state index < -0.39 is 13.7 Å². The minimum atomic E-state index is -1.92. The molecule has 0 spiro atoms.